The van der Waals surface area contributed by atoms with Gasteiger partial charge in [0.05, 0.1) is 5.69 Å². The molecule has 5 nitrogen and oxygen atoms in total. The third kappa shape index (κ3) is 3.24. The van der Waals surface area contributed by atoms with E-state index in [0.717, 1.165) is 36.3 Å². The Balaban J connectivity index is 0.00000156. The van der Waals surface area contributed by atoms with Gasteiger partial charge in [0, 0.05) is 30.7 Å². The first-order chi connectivity index (χ1) is 10.7. The number of likely N-dealkylation sites (tertiary alicyclic amines) is 1. The smallest absolute Gasteiger partial charge is 0.138 e. The molecule has 0 radical (unpaired) electrons. The lowest BCUT2D eigenvalue weighted by atomic mass is 9.98. The molecule has 1 saturated carbocycles. The standard InChI is InChI=1S/C16H20ClN5.ClH/c17-13-3-1-12(16(5-13)22-10-19-9-20-22)7-21-6-11-2-4-15(18)14(11)8-21;/h1,3,5,9-11,14-15H,2,4,6-8,18H2;1H. The van der Waals surface area contributed by atoms with Crippen LogP contribution in [0.5, 0.6) is 0 Å². The second-order valence-electron chi connectivity index (χ2n) is 6.47. The van der Waals surface area contributed by atoms with Gasteiger partial charge in [0.1, 0.15) is 12.7 Å². The molecule has 2 heterocycles. The van der Waals surface area contributed by atoms with Gasteiger partial charge in [-0.1, -0.05) is 17.7 Å². The van der Waals surface area contributed by atoms with Crippen molar-refractivity contribution >= 4 is 24.0 Å². The van der Waals surface area contributed by atoms with Crippen LogP contribution in [0, 0.1) is 11.8 Å². The summed E-state index contributed by atoms with van der Waals surface area (Å²) in [5, 5.41) is 4.96. The first-order valence-corrected chi connectivity index (χ1v) is 8.20. The van der Waals surface area contributed by atoms with Crippen LogP contribution in [-0.2, 0) is 6.54 Å². The molecule has 0 amide bonds. The van der Waals surface area contributed by atoms with Crippen molar-refractivity contribution in [2.75, 3.05) is 13.1 Å². The second kappa shape index (κ2) is 6.77. The fourth-order valence-electron chi connectivity index (χ4n) is 3.99. The summed E-state index contributed by atoms with van der Waals surface area (Å²) < 4.78 is 1.78. The summed E-state index contributed by atoms with van der Waals surface area (Å²) in [5.41, 5.74) is 8.47. The van der Waals surface area contributed by atoms with Crippen LogP contribution in [0.4, 0.5) is 0 Å². The van der Waals surface area contributed by atoms with E-state index in [0.29, 0.717) is 12.0 Å². The van der Waals surface area contributed by atoms with Crippen LogP contribution >= 0.6 is 24.0 Å². The van der Waals surface area contributed by atoms with E-state index in [1.807, 2.05) is 12.1 Å². The van der Waals surface area contributed by atoms with Gasteiger partial charge in [0.25, 0.3) is 0 Å². The third-order valence-corrected chi connectivity index (χ3v) is 5.33. The molecule has 0 spiro atoms. The van der Waals surface area contributed by atoms with E-state index in [4.69, 9.17) is 17.3 Å². The number of rotatable bonds is 3. The molecule has 1 aliphatic heterocycles. The van der Waals surface area contributed by atoms with Gasteiger partial charge in [0.2, 0.25) is 0 Å². The van der Waals surface area contributed by atoms with Gasteiger partial charge < -0.3 is 5.73 Å². The summed E-state index contributed by atoms with van der Waals surface area (Å²) in [6.07, 6.45) is 5.72. The zero-order chi connectivity index (χ0) is 15.1. The Labute approximate surface area is 147 Å². The van der Waals surface area contributed by atoms with E-state index in [9.17, 15) is 0 Å². The van der Waals surface area contributed by atoms with Gasteiger partial charge >= 0.3 is 0 Å². The Bertz CT molecular complexity index is 660. The van der Waals surface area contributed by atoms with Crippen molar-refractivity contribution in [3.63, 3.8) is 0 Å². The van der Waals surface area contributed by atoms with Crippen LogP contribution in [0.2, 0.25) is 5.02 Å². The molecule has 1 aromatic carbocycles. The van der Waals surface area contributed by atoms with E-state index in [2.05, 4.69) is 21.0 Å². The highest BCUT2D eigenvalue weighted by atomic mass is 35.5. The maximum atomic E-state index is 6.24. The van der Waals surface area contributed by atoms with Gasteiger partial charge in [-0.05, 0) is 42.4 Å². The van der Waals surface area contributed by atoms with Gasteiger partial charge in [-0.2, -0.15) is 5.10 Å². The molecule has 1 aliphatic carbocycles. The molecule has 23 heavy (non-hydrogen) atoms. The van der Waals surface area contributed by atoms with Crippen molar-refractivity contribution in [3.8, 4) is 5.69 Å². The van der Waals surface area contributed by atoms with E-state index >= 15 is 0 Å². The van der Waals surface area contributed by atoms with Crippen LogP contribution < -0.4 is 5.73 Å². The average Bonchev–Trinajstić information content (AvgIpc) is 3.21. The molecular weight excluding hydrogens is 333 g/mol. The highest BCUT2D eigenvalue weighted by Crippen LogP contribution is 2.38. The predicted octanol–water partition coefficient (Wildman–Crippen LogP) is 2.51. The summed E-state index contributed by atoms with van der Waals surface area (Å²) in [4.78, 5) is 6.55. The van der Waals surface area contributed by atoms with E-state index in [1.54, 1.807) is 17.3 Å². The number of hydrogen-bond acceptors (Lipinski definition) is 4. The van der Waals surface area contributed by atoms with Crippen molar-refractivity contribution in [2.45, 2.75) is 25.4 Å². The highest BCUT2D eigenvalue weighted by Gasteiger charge is 2.40. The minimum absolute atomic E-state index is 0. The lowest BCUT2D eigenvalue weighted by Gasteiger charge is -2.20. The van der Waals surface area contributed by atoms with E-state index < -0.39 is 0 Å². The van der Waals surface area contributed by atoms with Crippen molar-refractivity contribution in [1.82, 2.24) is 19.7 Å². The SMILES string of the molecule is Cl.NC1CCC2CN(Cc3ccc(Cl)cc3-n3cncn3)CC12. The number of halogens is 2. The van der Waals surface area contributed by atoms with Crippen LogP contribution in [0.3, 0.4) is 0 Å². The van der Waals surface area contributed by atoms with Crippen molar-refractivity contribution in [3.05, 3.63) is 41.4 Å². The average molecular weight is 354 g/mol. The van der Waals surface area contributed by atoms with Crippen LogP contribution in [0.15, 0.2) is 30.9 Å². The van der Waals surface area contributed by atoms with Gasteiger partial charge in [-0.3, -0.25) is 4.90 Å². The van der Waals surface area contributed by atoms with Crippen molar-refractivity contribution in [1.29, 1.82) is 0 Å². The molecule has 1 saturated heterocycles. The minimum atomic E-state index is 0. The first-order valence-electron chi connectivity index (χ1n) is 7.82. The Morgan fingerprint density at radius 1 is 1.26 bits per heavy atom. The third-order valence-electron chi connectivity index (χ3n) is 5.09. The molecule has 7 heteroatoms. The molecule has 124 valence electrons. The molecule has 2 fully saturated rings. The quantitative estimate of drug-likeness (QED) is 0.920. The van der Waals surface area contributed by atoms with E-state index in [-0.39, 0.29) is 12.4 Å². The number of aromatic nitrogens is 3. The fourth-order valence-corrected chi connectivity index (χ4v) is 4.15. The van der Waals surface area contributed by atoms with Gasteiger partial charge in [0.15, 0.2) is 0 Å². The van der Waals surface area contributed by atoms with Gasteiger partial charge in [-0.25, -0.2) is 9.67 Å². The lowest BCUT2D eigenvalue weighted by Crippen LogP contribution is -2.30. The normalized spacial score (nSPS) is 27.0. The molecule has 2 aliphatic rings. The number of nitrogens with two attached hydrogens (primary N) is 1. The summed E-state index contributed by atoms with van der Waals surface area (Å²) in [6, 6.07) is 6.37. The summed E-state index contributed by atoms with van der Waals surface area (Å²) in [5.74, 6) is 1.44. The highest BCUT2D eigenvalue weighted by molar-refractivity contribution is 6.30. The molecule has 0 bridgehead atoms. The monoisotopic (exact) mass is 353 g/mol. The van der Waals surface area contributed by atoms with Crippen molar-refractivity contribution in [2.24, 2.45) is 17.6 Å². The molecule has 2 aromatic rings. The number of nitrogens with zero attached hydrogens (tertiary/aromatic N) is 4. The summed E-state index contributed by atoms with van der Waals surface area (Å²) in [7, 11) is 0. The van der Waals surface area contributed by atoms with Gasteiger partial charge in [-0.15, -0.1) is 12.4 Å². The number of benzene rings is 1. The maximum Gasteiger partial charge on any atom is 0.138 e. The molecule has 4 rings (SSSR count). The van der Waals surface area contributed by atoms with Crippen molar-refractivity contribution < 1.29 is 0 Å². The Kier molecular flexibility index (Phi) is 4.92. The zero-order valence-corrected chi connectivity index (χ0v) is 14.4. The summed E-state index contributed by atoms with van der Waals surface area (Å²) >= 11 is 6.16. The molecule has 3 unspecified atom stereocenters. The maximum absolute atomic E-state index is 6.24. The number of fused-ring (bicyclic) bond motifs is 1. The topological polar surface area (TPSA) is 60.0 Å². The largest absolute Gasteiger partial charge is 0.327 e. The minimum Gasteiger partial charge on any atom is -0.327 e. The Morgan fingerprint density at radius 3 is 2.87 bits per heavy atom. The van der Waals surface area contributed by atoms with Crippen LogP contribution in [0.25, 0.3) is 5.69 Å². The molecule has 1 aromatic heterocycles. The molecule has 3 atom stereocenters. The predicted molar refractivity (Wildman–Crippen MR) is 93.1 cm³/mol. The van der Waals surface area contributed by atoms with E-state index in [1.165, 1.54) is 18.4 Å². The van der Waals surface area contributed by atoms with Crippen LogP contribution in [-0.4, -0.2) is 38.8 Å². The summed E-state index contributed by atoms with van der Waals surface area (Å²) in [6.45, 7) is 3.16. The zero-order valence-electron chi connectivity index (χ0n) is 12.8. The Hall–Kier alpha value is -1.14. The lowest BCUT2D eigenvalue weighted by molar-refractivity contribution is 0.298. The first kappa shape index (κ1) is 16.7. The molecule has 2 N–H and O–H groups in total. The van der Waals surface area contributed by atoms with Crippen LogP contribution in [0.1, 0.15) is 18.4 Å². The number of hydrogen-bond donors (Lipinski definition) is 1. The fraction of sp³-hybridized carbons (Fsp3) is 0.500. The molecular formula is C16H21Cl2N5. The second-order valence-corrected chi connectivity index (χ2v) is 6.91. The Morgan fingerprint density at radius 2 is 2.13 bits per heavy atom.